The van der Waals surface area contributed by atoms with Crippen molar-refractivity contribution in [2.75, 3.05) is 18.1 Å². The molecule has 1 heterocycles. The number of carbonyl (C=O) groups excluding carboxylic acids is 1. The molecule has 0 radical (unpaired) electrons. The molecule has 2 rings (SSSR count). The van der Waals surface area contributed by atoms with Gasteiger partial charge in [0.1, 0.15) is 0 Å². The third-order valence-corrected chi connectivity index (χ3v) is 4.70. The van der Waals surface area contributed by atoms with Gasteiger partial charge in [0, 0.05) is 22.8 Å². The van der Waals surface area contributed by atoms with Crippen LogP contribution in [0, 0.1) is 0 Å². The van der Waals surface area contributed by atoms with Gasteiger partial charge in [-0.05, 0) is 31.2 Å². The number of hydrogen-bond donors (Lipinski definition) is 0. The zero-order chi connectivity index (χ0) is 12.3. The molecule has 1 atom stereocenters. The number of nitrogens with zero attached hydrogens (tertiary/aromatic N) is 1. The van der Waals surface area contributed by atoms with E-state index < -0.39 is 0 Å². The van der Waals surface area contributed by atoms with Crippen LogP contribution in [0.5, 0.6) is 0 Å². The molecular formula is C13H16BrNOS. The second-order valence-corrected chi connectivity index (χ2v) is 5.64. The molecule has 0 bridgehead atoms. The van der Waals surface area contributed by atoms with Crippen LogP contribution in [0.2, 0.25) is 0 Å². The molecule has 0 aliphatic carbocycles. The molecule has 4 heteroatoms. The van der Waals surface area contributed by atoms with E-state index >= 15 is 0 Å². The highest BCUT2D eigenvalue weighted by Gasteiger charge is 2.29. The van der Waals surface area contributed by atoms with Gasteiger partial charge in [0.25, 0.3) is 5.91 Å². The molecule has 0 aromatic heterocycles. The third-order valence-electron chi connectivity index (χ3n) is 3.15. The molecule has 0 spiro atoms. The quantitative estimate of drug-likeness (QED) is 0.629. The Hall–Kier alpha value is -0.480. The predicted octanol–water partition coefficient (Wildman–Crippen LogP) is 3.41. The lowest BCUT2D eigenvalue weighted by Crippen LogP contribution is -2.36. The first-order valence-electron chi connectivity index (χ1n) is 5.78. The fourth-order valence-corrected chi connectivity index (χ4v) is 3.50. The summed E-state index contributed by atoms with van der Waals surface area (Å²) < 4.78 is 0. The number of halogens is 1. The zero-order valence-electron chi connectivity index (χ0n) is 9.86. The van der Waals surface area contributed by atoms with Crippen LogP contribution in [-0.2, 0) is 0 Å². The summed E-state index contributed by atoms with van der Waals surface area (Å²) in [6.45, 7) is 0.887. The maximum Gasteiger partial charge on any atom is 0.255 e. The Morgan fingerprint density at radius 2 is 2.29 bits per heavy atom. The molecule has 1 aliphatic rings. The fourth-order valence-electron chi connectivity index (χ4n) is 2.24. The van der Waals surface area contributed by atoms with E-state index in [4.69, 9.17) is 0 Å². The zero-order valence-corrected chi connectivity index (χ0v) is 12.3. The molecule has 1 aliphatic heterocycles. The molecule has 92 valence electrons. The van der Waals surface area contributed by atoms with Gasteiger partial charge in [0.2, 0.25) is 0 Å². The largest absolute Gasteiger partial charge is 0.335 e. The van der Waals surface area contributed by atoms with Crippen LogP contribution >= 0.6 is 27.7 Å². The summed E-state index contributed by atoms with van der Waals surface area (Å²) in [4.78, 5) is 15.6. The smallest absolute Gasteiger partial charge is 0.255 e. The van der Waals surface area contributed by atoms with E-state index in [-0.39, 0.29) is 5.91 Å². The van der Waals surface area contributed by atoms with Gasteiger partial charge < -0.3 is 4.90 Å². The van der Waals surface area contributed by atoms with Crippen molar-refractivity contribution in [3.05, 3.63) is 29.8 Å². The Kier molecular flexibility index (Phi) is 4.51. The number of thioether (sulfide) groups is 1. The number of hydrogen-bond acceptors (Lipinski definition) is 2. The number of rotatable bonds is 3. The monoisotopic (exact) mass is 313 g/mol. The molecule has 1 fully saturated rings. The number of carbonyl (C=O) groups is 1. The molecule has 1 amide bonds. The number of amides is 1. The van der Waals surface area contributed by atoms with Gasteiger partial charge in [-0.25, -0.2) is 0 Å². The second kappa shape index (κ2) is 5.91. The Balaban J connectivity index is 2.24. The first kappa shape index (κ1) is 13.0. The first-order valence-corrected chi connectivity index (χ1v) is 8.12. The first-order chi connectivity index (χ1) is 8.27. The summed E-state index contributed by atoms with van der Waals surface area (Å²) in [5.74, 6) is 0.178. The number of likely N-dealkylation sites (tertiary alicyclic amines) is 1. The maximum absolute atomic E-state index is 12.5. The van der Waals surface area contributed by atoms with Crippen molar-refractivity contribution in [2.45, 2.75) is 23.8 Å². The summed E-state index contributed by atoms with van der Waals surface area (Å²) in [6, 6.07) is 8.22. The van der Waals surface area contributed by atoms with Crippen LogP contribution in [0.3, 0.4) is 0 Å². The summed E-state index contributed by atoms with van der Waals surface area (Å²) in [6.07, 6.45) is 4.24. The van der Waals surface area contributed by atoms with Gasteiger partial charge in [0.15, 0.2) is 0 Å². The third kappa shape index (κ3) is 2.68. The minimum Gasteiger partial charge on any atom is -0.335 e. The van der Waals surface area contributed by atoms with E-state index in [2.05, 4.69) is 15.9 Å². The highest BCUT2D eigenvalue weighted by Crippen LogP contribution is 2.26. The van der Waals surface area contributed by atoms with Crippen molar-refractivity contribution in [3.63, 3.8) is 0 Å². The highest BCUT2D eigenvalue weighted by molar-refractivity contribution is 9.09. The Labute approximate surface area is 115 Å². The molecule has 0 N–H and O–H groups in total. The van der Waals surface area contributed by atoms with Gasteiger partial charge in [0.05, 0.1) is 5.56 Å². The summed E-state index contributed by atoms with van der Waals surface area (Å²) in [5.41, 5.74) is 0.841. The van der Waals surface area contributed by atoms with Crippen molar-refractivity contribution in [2.24, 2.45) is 0 Å². The number of benzene rings is 1. The van der Waals surface area contributed by atoms with Crippen molar-refractivity contribution >= 4 is 33.6 Å². The second-order valence-electron chi connectivity index (χ2n) is 4.15. The van der Waals surface area contributed by atoms with Gasteiger partial charge in [-0.15, -0.1) is 11.8 Å². The summed E-state index contributed by atoms with van der Waals surface area (Å²) in [7, 11) is 0. The van der Waals surface area contributed by atoms with Crippen molar-refractivity contribution in [3.8, 4) is 0 Å². The van der Waals surface area contributed by atoms with Gasteiger partial charge in [-0.1, -0.05) is 28.1 Å². The molecule has 1 aromatic rings. The van der Waals surface area contributed by atoms with E-state index in [9.17, 15) is 4.79 Å². The van der Waals surface area contributed by atoms with Crippen LogP contribution < -0.4 is 0 Å². The Bertz CT molecular complexity index is 410. The summed E-state index contributed by atoms with van der Waals surface area (Å²) in [5, 5.41) is 0.875. The summed E-state index contributed by atoms with van der Waals surface area (Å²) >= 11 is 5.13. The van der Waals surface area contributed by atoms with Crippen LogP contribution in [-0.4, -0.2) is 35.0 Å². The van der Waals surface area contributed by atoms with Crippen molar-refractivity contribution in [1.29, 1.82) is 0 Å². The standard InChI is InChI=1S/C13H16BrNOS/c1-17-12-7-3-2-6-11(12)13(16)15-8-4-5-10(15)9-14/h2-3,6-7,10H,4-5,8-9H2,1H3. The SMILES string of the molecule is CSc1ccccc1C(=O)N1CCCC1CBr. The highest BCUT2D eigenvalue weighted by atomic mass is 79.9. The molecule has 1 unspecified atom stereocenters. The Morgan fingerprint density at radius 1 is 1.53 bits per heavy atom. The van der Waals surface area contributed by atoms with E-state index in [1.807, 2.05) is 35.4 Å². The minimum absolute atomic E-state index is 0.178. The fraction of sp³-hybridized carbons (Fsp3) is 0.462. The molecule has 1 saturated heterocycles. The van der Waals surface area contributed by atoms with Gasteiger partial charge >= 0.3 is 0 Å². The lowest BCUT2D eigenvalue weighted by Gasteiger charge is -2.24. The average molecular weight is 314 g/mol. The lowest BCUT2D eigenvalue weighted by atomic mass is 10.2. The van der Waals surface area contributed by atoms with Gasteiger partial charge in [-0.3, -0.25) is 4.79 Å². The van der Waals surface area contributed by atoms with E-state index in [1.54, 1.807) is 11.8 Å². The number of alkyl halides is 1. The van der Waals surface area contributed by atoms with Crippen LogP contribution in [0.1, 0.15) is 23.2 Å². The Morgan fingerprint density at radius 3 is 3.00 bits per heavy atom. The maximum atomic E-state index is 12.5. The van der Waals surface area contributed by atoms with Crippen LogP contribution in [0.15, 0.2) is 29.2 Å². The normalized spacial score (nSPS) is 19.6. The van der Waals surface area contributed by atoms with Gasteiger partial charge in [-0.2, -0.15) is 0 Å². The minimum atomic E-state index is 0.178. The topological polar surface area (TPSA) is 20.3 Å². The molecule has 17 heavy (non-hydrogen) atoms. The van der Waals surface area contributed by atoms with E-state index in [1.165, 1.54) is 0 Å². The molecule has 0 saturated carbocycles. The predicted molar refractivity (Wildman–Crippen MR) is 76.1 cm³/mol. The lowest BCUT2D eigenvalue weighted by molar-refractivity contribution is 0.0747. The van der Waals surface area contributed by atoms with E-state index in [0.717, 1.165) is 35.2 Å². The van der Waals surface area contributed by atoms with Crippen molar-refractivity contribution < 1.29 is 4.79 Å². The van der Waals surface area contributed by atoms with Crippen LogP contribution in [0.25, 0.3) is 0 Å². The molecular weight excluding hydrogens is 298 g/mol. The molecule has 2 nitrogen and oxygen atoms in total. The van der Waals surface area contributed by atoms with E-state index in [0.29, 0.717) is 6.04 Å². The average Bonchev–Trinajstić information content (AvgIpc) is 2.86. The molecule has 1 aromatic carbocycles. The van der Waals surface area contributed by atoms with Crippen LogP contribution in [0.4, 0.5) is 0 Å². The van der Waals surface area contributed by atoms with Crippen molar-refractivity contribution in [1.82, 2.24) is 4.90 Å².